The number of hydrogen-bond acceptors (Lipinski definition) is 3. The Morgan fingerprint density at radius 1 is 1.36 bits per heavy atom. The second-order valence-electron chi connectivity index (χ2n) is 5.46. The number of amides is 1. The first-order valence-electron chi connectivity index (χ1n) is 6.58. The van der Waals surface area contributed by atoms with Crippen molar-refractivity contribution in [2.24, 2.45) is 0 Å². The number of nitrogens with zero attached hydrogens (tertiary/aromatic N) is 2. The highest BCUT2D eigenvalue weighted by Gasteiger charge is 2.30. The van der Waals surface area contributed by atoms with Gasteiger partial charge in [-0.25, -0.2) is 9.18 Å². The average Bonchev–Trinajstić information content (AvgIpc) is 2.90. The number of nitrogens with one attached hydrogen (secondary N) is 1. The van der Waals surface area contributed by atoms with E-state index >= 15 is 0 Å². The summed E-state index contributed by atoms with van der Waals surface area (Å²) in [7, 11) is 0. The van der Waals surface area contributed by atoms with Crippen LogP contribution in [-0.2, 0) is 10.3 Å². The number of rotatable bonds is 4. The van der Waals surface area contributed by atoms with Crippen LogP contribution in [0.1, 0.15) is 29.8 Å². The van der Waals surface area contributed by atoms with Crippen molar-refractivity contribution < 1.29 is 19.1 Å². The maximum atomic E-state index is 13.5. The average molecular weight is 305 g/mol. The first-order valence-corrected chi connectivity index (χ1v) is 6.58. The molecule has 22 heavy (non-hydrogen) atoms. The molecule has 0 spiro atoms. The van der Waals surface area contributed by atoms with Gasteiger partial charge in [-0.2, -0.15) is 5.10 Å². The normalized spacial score (nSPS) is 11.3. The molecule has 2 N–H and O–H groups in total. The molecule has 6 nitrogen and oxygen atoms in total. The maximum Gasteiger partial charge on any atom is 0.331 e. The topological polar surface area (TPSA) is 84.2 Å². The number of carboxylic acid groups (broad SMARTS) is 1. The zero-order valence-corrected chi connectivity index (χ0v) is 12.4. The molecule has 0 aliphatic rings. The summed E-state index contributed by atoms with van der Waals surface area (Å²) in [6.45, 7) is 4.58. The Kier molecular flexibility index (Phi) is 3.99. The van der Waals surface area contributed by atoms with Gasteiger partial charge >= 0.3 is 5.97 Å². The van der Waals surface area contributed by atoms with Crippen LogP contribution in [0, 0.1) is 12.7 Å². The van der Waals surface area contributed by atoms with E-state index in [9.17, 15) is 14.0 Å². The maximum absolute atomic E-state index is 13.5. The van der Waals surface area contributed by atoms with Crippen molar-refractivity contribution in [1.82, 2.24) is 9.78 Å². The third-order valence-corrected chi connectivity index (χ3v) is 3.37. The van der Waals surface area contributed by atoms with Crippen LogP contribution in [0.2, 0.25) is 0 Å². The van der Waals surface area contributed by atoms with Crippen molar-refractivity contribution in [3.05, 3.63) is 47.5 Å². The van der Waals surface area contributed by atoms with Crippen molar-refractivity contribution in [2.45, 2.75) is 26.3 Å². The number of aromatic nitrogens is 2. The van der Waals surface area contributed by atoms with Crippen LogP contribution in [0.3, 0.4) is 0 Å². The largest absolute Gasteiger partial charge is 0.479 e. The predicted molar refractivity (Wildman–Crippen MR) is 78.3 cm³/mol. The van der Waals surface area contributed by atoms with Crippen LogP contribution in [0.15, 0.2) is 30.6 Å². The molecule has 0 fully saturated rings. The van der Waals surface area contributed by atoms with Gasteiger partial charge in [0.1, 0.15) is 5.82 Å². The van der Waals surface area contributed by atoms with E-state index in [0.717, 1.165) is 6.07 Å². The van der Waals surface area contributed by atoms with Crippen LogP contribution < -0.4 is 5.32 Å². The molecule has 2 rings (SSSR count). The molecule has 0 bridgehead atoms. The minimum Gasteiger partial charge on any atom is -0.479 e. The van der Waals surface area contributed by atoms with Crippen LogP contribution in [0.4, 0.5) is 10.1 Å². The Bertz CT molecular complexity index is 737. The van der Waals surface area contributed by atoms with E-state index < -0.39 is 23.2 Å². The summed E-state index contributed by atoms with van der Waals surface area (Å²) in [6.07, 6.45) is 2.75. The van der Waals surface area contributed by atoms with E-state index in [1.807, 2.05) is 0 Å². The monoisotopic (exact) mass is 305 g/mol. The molecule has 0 radical (unpaired) electrons. The molecule has 0 aliphatic carbocycles. The van der Waals surface area contributed by atoms with Crippen LogP contribution in [0.5, 0.6) is 0 Å². The molecule has 0 unspecified atom stereocenters. The van der Waals surface area contributed by atoms with Gasteiger partial charge in [-0.15, -0.1) is 0 Å². The highest BCUT2D eigenvalue weighted by molar-refractivity contribution is 6.04. The van der Waals surface area contributed by atoms with Gasteiger partial charge < -0.3 is 10.4 Å². The molecule has 7 heteroatoms. The third-order valence-electron chi connectivity index (χ3n) is 3.37. The smallest absolute Gasteiger partial charge is 0.331 e. The van der Waals surface area contributed by atoms with E-state index in [2.05, 4.69) is 10.4 Å². The number of halogens is 1. The molecule has 116 valence electrons. The Morgan fingerprint density at radius 2 is 2.05 bits per heavy atom. The lowest BCUT2D eigenvalue weighted by atomic mass is 10.1. The van der Waals surface area contributed by atoms with Crippen LogP contribution >= 0.6 is 0 Å². The first-order chi connectivity index (χ1) is 10.2. The number of anilines is 1. The molecular formula is C15H16FN3O3. The van der Waals surface area contributed by atoms with E-state index in [0.29, 0.717) is 11.3 Å². The lowest BCUT2D eigenvalue weighted by Crippen LogP contribution is -2.35. The Balaban J connectivity index is 2.18. The van der Waals surface area contributed by atoms with E-state index in [1.54, 1.807) is 6.92 Å². The molecule has 0 saturated heterocycles. The minimum absolute atomic E-state index is 0.174. The standard InChI is InChI=1S/C15H16FN3O3/c1-9-4-5-10(6-12(9)16)13(20)18-11-7-17-19(8-11)15(2,3)14(21)22/h4-8H,1-3H3,(H,18,20)(H,21,22). The fourth-order valence-corrected chi connectivity index (χ4v) is 1.73. The Labute approximate surface area is 126 Å². The van der Waals surface area contributed by atoms with Gasteiger partial charge in [0.05, 0.1) is 11.9 Å². The Hall–Kier alpha value is -2.70. The van der Waals surface area contributed by atoms with Crippen LogP contribution in [0.25, 0.3) is 0 Å². The summed E-state index contributed by atoms with van der Waals surface area (Å²) in [6, 6.07) is 4.18. The second kappa shape index (κ2) is 5.59. The molecule has 0 aliphatic heterocycles. The summed E-state index contributed by atoms with van der Waals surface area (Å²) in [5.74, 6) is -2.00. The summed E-state index contributed by atoms with van der Waals surface area (Å²) in [5.41, 5.74) is -0.278. The number of carbonyl (C=O) groups excluding carboxylic acids is 1. The molecule has 1 aromatic heterocycles. The van der Waals surface area contributed by atoms with Crippen molar-refractivity contribution in [2.75, 3.05) is 5.32 Å². The molecule has 1 aromatic carbocycles. The molecular weight excluding hydrogens is 289 g/mol. The fraction of sp³-hybridized carbons (Fsp3) is 0.267. The van der Waals surface area contributed by atoms with Crippen molar-refractivity contribution in [3.8, 4) is 0 Å². The van der Waals surface area contributed by atoms with Gasteiger partial charge in [-0.05, 0) is 38.5 Å². The molecule has 0 saturated carbocycles. The third kappa shape index (κ3) is 2.98. The van der Waals surface area contributed by atoms with E-state index in [4.69, 9.17) is 5.11 Å². The Morgan fingerprint density at radius 3 is 2.64 bits per heavy atom. The van der Waals surface area contributed by atoms with E-state index in [-0.39, 0.29) is 5.56 Å². The lowest BCUT2D eigenvalue weighted by molar-refractivity contribution is -0.146. The summed E-state index contributed by atoms with van der Waals surface area (Å²) in [4.78, 5) is 23.2. The van der Waals surface area contributed by atoms with Gasteiger partial charge in [0.15, 0.2) is 5.54 Å². The SMILES string of the molecule is Cc1ccc(C(=O)Nc2cnn(C(C)(C)C(=O)O)c2)cc1F. The number of benzene rings is 1. The highest BCUT2D eigenvalue weighted by Crippen LogP contribution is 2.18. The van der Waals surface area contributed by atoms with Crippen LogP contribution in [-0.4, -0.2) is 26.8 Å². The predicted octanol–water partition coefficient (Wildman–Crippen LogP) is 2.40. The van der Waals surface area contributed by atoms with Gasteiger partial charge in [0.25, 0.3) is 5.91 Å². The zero-order chi connectivity index (χ0) is 16.5. The quantitative estimate of drug-likeness (QED) is 0.908. The number of carboxylic acids is 1. The van der Waals surface area contributed by atoms with Crippen molar-refractivity contribution >= 4 is 17.6 Å². The second-order valence-corrected chi connectivity index (χ2v) is 5.46. The van der Waals surface area contributed by atoms with Crippen molar-refractivity contribution in [1.29, 1.82) is 0 Å². The molecule has 0 atom stereocenters. The molecule has 2 aromatic rings. The number of carbonyl (C=O) groups is 2. The van der Waals surface area contributed by atoms with E-state index in [1.165, 1.54) is 43.1 Å². The summed E-state index contributed by atoms with van der Waals surface area (Å²) < 4.78 is 14.7. The van der Waals surface area contributed by atoms with Gasteiger partial charge in [0.2, 0.25) is 0 Å². The number of aliphatic carboxylic acids is 1. The number of hydrogen-bond donors (Lipinski definition) is 2. The minimum atomic E-state index is -1.24. The number of aryl methyl sites for hydroxylation is 1. The molecule has 1 heterocycles. The lowest BCUT2D eigenvalue weighted by Gasteiger charge is -2.19. The van der Waals surface area contributed by atoms with Gasteiger partial charge in [0, 0.05) is 11.8 Å². The van der Waals surface area contributed by atoms with Gasteiger partial charge in [-0.3, -0.25) is 9.48 Å². The molecule has 1 amide bonds. The summed E-state index contributed by atoms with van der Waals surface area (Å²) in [5, 5.41) is 15.6. The van der Waals surface area contributed by atoms with Crippen molar-refractivity contribution in [3.63, 3.8) is 0 Å². The first kappa shape index (κ1) is 15.7. The summed E-state index contributed by atoms with van der Waals surface area (Å²) >= 11 is 0. The zero-order valence-electron chi connectivity index (χ0n) is 12.4. The van der Waals surface area contributed by atoms with Gasteiger partial charge in [-0.1, -0.05) is 6.07 Å². The fourth-order valence-electron chi connectivity index (χ4n) is 1.73. The highest BCUT2D eigenvalue weighted by atomic mass is 19.1.